The van der Waals surface area contributed by atoms with Crippen LogP contribution in [0.3, 0.4) is 0 Å². The summed E-state index contributed by atoms with van der Waals surface area (Å²) in [4.78, 5) is 12.5. The van der Waals surface area contributed by atoms with Crippen molar-refractivity contribution in [3.63, 3.8) is 0 Å². The summed E-state index contributed by atoms with van der Waals surface area (Å²) in [6.45, 7) is 13.9. The van der Waals surface area contributed by atoms with E-state index in [4.69, 9.17) is 4.74 Å². The number of carbonyl (C=O) groups excluding carboxylic acids is 1. The monoisotopic (exact) mass is 306 g/mol. The highest BCUT2D eigenvalue weighted by atomic mass is 16.5. The van der Waals surface area contributed by atoms with Crippen molar-refractivity contribution in [2.24, 2.45) is 28.6 Å². The van der Waals surface area contributed by atoms with Crippen LogP contribution in [0.2, 0.25) is 0 Å². The average molecular weight is 306 g/mol. The van der Waals surface area contributed by atoms with Gasteiger partial charge in [-0.25, -0.2) is 0 Å². The molecular weight excluding hydrogens is 272 g/mol. The third-order valence-corrected chi connectivity index (χ3v) is 6.52. The van der Waals surface area contributed by atoms with Gasteiger partial charge in [0.15, 0.2) is 0 Å². The van der Waals surface area contributed by atoms with Crippen LogP contribution in [-0.2, 0) is 9.53 Å². The maximum absolute atomic E-state index is 12.5. The third kappa shape index (κ3) is 2.53. The van der Waals surface area contributed by atoms with E-state index < -0.39 is 0 Å². The van der Waals surface area contributed by atoms with Crippen LogP contribution in [0.4, 0.5) is 0 Å². The lowest BCUT2D eigenvalue weighted by atomic mass is 9.48. The van der Waals surface area contributed by atoms with E-state index in [0.29, 0.717) is 17.8 Å². The van der Waals surface area contributed by atoms with Gasteiger partial charge in [-0.1, -0.05) is 52.2 Å². The van der Waals surface area contributed by atoms with Gasteiger partial charge in [0, 0.05) is 0 Å². The molecular formula is C20H34O2. The van der Waals surface area contributed by atoms with Crippen LogP contribution in [-0.4, -0.2) is 13.1 Å². The smallest absolute Gasteiger partial charge is 0.311 e. The van der Waals surface area contributed by atoms with E-state index in [9.17, 15) is 4.79 Å². The van der Waals surface area contributed by atoms with Crippen molar-refractivity contribution in [3.8, 4) is 0 Å². The van der Waals surface area contributed by atoms with E-state index >= 15 is 0 Å². The standard InChI is InChI=1S/C20H34O2/c1-13(2)15-9-10-16-19(5,17(15)14(3)4)11-8-12-20(16,6)18(21)22-7/h13-14,16H,8-12H2,1-7H3. The lowest BCUT2D eigenvalue weighted by Crippen LogP contribution is -2.51. The second-order valence-corrected chi connectivity index (χ2v) is 8.52. The van der Waals surface area contributed by atoms with Crippen LogP contribution < -0.4 is 0 Å². The van der Waals surface area contributed by atoms with E-state index in [1.165, 1.54) is 6.42 Å². The number of ether oxygens (including phenoxy) is 1. The van der Waals surface area contributed by atoms with Crippen molar-refractivity contribution in [2.75, 3.05) is 7.11 Å². The van der Waals surface area contributed by atoms with Gasteiger partial charge in [-0.15, -0.1) is 0 Å². The molecule has 0 aliphatic heterocycles. The van der Waals surface area contributed by atoms with E-state index in [2.05, 4.69) is 41.5 Å². The van der Waals surface area contributed by atoms with Crippen molar-refractivity contribution in [3.05, 3.63) is 11.1 Å². The van der Waals surface area contributed by atoms with Crippen molar-refractivity contribution >= 4 is 5.97 Å². The Hall–Kier alpha value is -0.790. The maximum Gasteiger partial charge on any atom is 0.311 e. The summed E-state index contributed by atoms with van der Waals surface area (Å²) in [7, 11) is 1.54. The predicted molar refractivity (Wildman–Crippen MR) is 91.5 cm³/mol. The molecule has 2 nitrogen and oxygen atoms in total. The highest BCUT2D eigenvalue weighted by Crippen LogP contribution is 2.61. The fraction of sp³-hybridized carbons (Fsp3) is 0.850. The molecule has 1 fully saturated rings. The number of carbonyl (C=O) groups is 1. The minimum absolute atomic E-state index is 0.000437. The van der Waals surface area contributed by atoms with Crippen molar-refractivity contribution in [2.45, 2.75) is 73.6 Å². The molecule has 3 unspecified atom stereocenters. The molecule has 22 heavy (non-hydrogen) atoms. The predicted octanol–water partition coefficient (Wildman–Crippen LogP) is 5.37. The minimum Gasteiger partial charge on any atom is -0.469 e. The average Bonchev–Trinajstić information content (AvgIpc) is 2.44. The Kier molecular flexibility index (Phi) is 4.80. The molecule has 126 valence electrons. The van der Waals surface area contributed by atoms with Crippen molar-refractivity contribution < 1.29 is 9.53 Å². The topological polar surface area (TPSA) is 26.3 Å². The lowest BCUT2D eigenvalue weighted by Gasteiger charge is -2.56. The number of hydrogen-bond donors (Lipinski definition) is 0. The van der Waals surface area contributed by atoms with Gasteiger partial charge in [0.25, 0.3) is 0 Å². The summed E-state index contributed by atoms with van der Waals surface area (Å²) in [6.07, 6.45) is 5.60. The molecule has 2 aliphatic carbocycles. The Bertz CT molecular complexity index is 474. The Morgan fingerprint density at radius 1 is 1.14 bits per heavy atom. The molecule has 0 heterocycles. The van der Waals surface area contributed by atoms with Crippen LogP contribution in [0, 0.1) is 28.6 Å². The Morgan fingerprint density at radius 3 is 2.27 bits per heavy atom. The first-order valence-corrected chi connectivity index (χ1v) is 9.00. The van der Waals surface area contributed by atoms with E-state index in [0.717, 1.165) is 25.7 Å². The molecule has 0 aromatic rings. The fourth-order valence-corrected chi connectivity index (χ4v) is 5.74. The van der Waals surface area contributed by atoms with E-state index in [1.54, 1.807) is 18.3 Å². The summed E-state index contributed by atoms with van der Waals surface area (Å²) in [6, 6.07) is 0. The van der Waals surface area contributed by atoms with Crippen LogP contribution in [0.25, 0.3) is 0 Å². The highest BCUT2D eigenvalue weighted by molar-refractivity contribution is 5.77. The summed E-state index contributed by atoms with van der Waals surface area (Å²) in [5.74, 6) is 1.59. The number of allylic oxidation sites excluding steroid dienone is 2. The maximum atomic E-state index is 12.5. The zero-order valence-corrected chi connectivity index (χ0v) is 15.6. The lowest BCUT2D eigenvalue weighted by molar-refractivity contribution is -0.163. The summed E-state index contributed by atoms with van der Waals surface area (Å²) in [5, 5.41) is 0. The van der Waals surface area contributed by atoms with Gasteiger partial charge in [0.05, 0.1) is 12.5 Å². The van der Waals surface area contributed by atoms with Crippen molar-refractivity contribution in [1.82, 2.24) is 0 Å². The van der Waals surface area contributed by atoms with Crippen LogP contribution >= 0.6 is 0 Å². The number of rotatable bonds is 3. The zero-order valence-electron chi connectivity index (χ0n) is 15.6. The second-order valence-electron chi connectivity index (χ2n) is 8.52. The number of hydrogen-bond acceptors (Lipinski definition) is 2. The molecule has 0 amide bonds. The SMILES string of the molecule is COC(=O)C1(C)CCCC2(C)C(C(C)C)=C(C(C)C)CCC12. The zero-order chi connectivity index (χ0) is 16.7. The van der Waals surface area contributed by atoms with Gasteiger partial charge in [-0.2, -0.15) is 0 Å². The van der Waals surface area contributed by atoms with Crippen LogP contribution in [0.5, 0.6) is 0 Å². The van der Waals surface area contributed by atoms with E-state index in [1.807, 2.05) is 0 Å². The van der Waals surface area contributed by atoms with Gasteiger partial charge in [0.1, 0.15) is 0 Å². The van der Waals surface area contributed by atoms with Gasteiger partial charge >= 0.3 is 5.97 Å². The highest BCUT2D eigenvalue weighted by Gasteiger charge is 2.56. The quantitative estimate of drug-likeness (QED) is 0.517. The minimum atomic E-state index is -0.315. The molecule has 2 aliphatic rings. The number of fused-ring (bicyclic) bond motifs is 1. The first-order chi connectivity index (χ1) is 10.2. The van der Waals surface area contributed by atoms with Gasteiger partial charge in [-0.05, 0) is 55.8 Å². The Morgan fingerprint density at radius 2 is 1.77 bits per heavy atom. The Labute approximate surface area is 136 Å². The van der Waals surface area contributed by atoms with Crippen LogP contribution in [0.15, 0.2) is 11.1 Å². The molecule has 2 heteroatoms. The Balaban J connectivity index is 2.55. The molecule has 0 N–H and O–H groups in total. The first-order valence-electron chi connectivity index (χ1n) is 9.00. The largest absolute Gasteiger partial charge is 0.469 e. The fourth-order valence-electron chi connectivity index (χ4n) is 5.74. The molecule has 0 aromatic carbocycles. The van der Waals surface area contributed by atoms with Gasteiger partial charge < -0.3 is 4.74 Å². The molecule has 1 saturated carbocycles. The molecule has 2 rings (SSSR count). The van der Waals surface area contributed by atoms with Gasteiger partial charge in [0.2, 0.25) is 0 Å². The second kappa shape index (κ2) is 6.02. The van der Waals surface area contributed by atoms with Gasteiger partial charge in [-0.3, -0.25) is 4.79 Å². The summed E-state index contributed by atoms with van der Waals surface area (Å²) >= 11 is 0. The molecule has 0 radical (unpaired) electrons. The summed E-state index contributed by atoms with van der Waals surface area (Å²) < 4.78 is 5.20. The summed E-state index contributed by atoms with van der Waals surface area (Å²) in [5.41, 5.74) is 3.15. The normalized spacial score (nSPS) is 35.8. The molecule has 0 spiro atoms. The third-order valence-electron chi connectivity index (χ3n) is 6.52. The number of methoxy groups -OCH3 is 1. The molecule has 0 bridgehead atoms. The van der Waals surface area contributed by atoms with Crippen LogP contribution in [0.1, 0.15) is 73.6 Å². The molecule has 0 saturated heterocycles. The van der Waals surface area contributed by atoms with E-state index in [-0.39, 0.29) is 16.8 Å². The number of esters is 1. The first kappa shape index (κ1) is 17.6. The van der Waals surface area contributed by atoms with Crippen molar-refractivity contribution in [1.29, 1.82) is 0 Å². The molecule has 0 aromatic heterocycles. The molecule has 3 atom stereocenters.